The summed E-state index contributed by atoms with van der Waals surface area (Å²) in [5, 5.41) is 0. The van der Waals surface area contributed by atoms with E-state index in [1.807, 2.05) is 24.4 Å². The number of benzene rings is 1. The van der Waals surface area contributed by atoms with Crippen molar-refractivity contribution >= 4 is 12.0 Å². The molecule has 2 N–H and O–H groups in total. The zero-order valence-corrected chi connectivity index (χ0v) is 11.9. The highest BCUT2D eigenvalue weighted by Gasteiger charge is 2.19. The Morgan fingerprint density at radius 1 is 1.25 bits per heavy atom. The van der Waals surface area contributed by atoms with E-state index in [-0.39, 0.29) is 5.91 Å². The van der Waals surface area contributed by atoms with E-state index in [1.54, 1.807) is 19.1 Å². The molecule has 1 amide bonds. The first-order valence-electron chi connectivity index (χ1n) is 6.62. The lowest BCUT2D eigenvalue weighted by Crippen LogP contribution is -2.28. The van der Waals surface area contributed by atoms with Crippen LogP contribution < -0.4 is 15.2 Å². The van der Waals surface area contributed by atoms with Crippen molar-refractivity contribution in [2.75, 3.05) is 27.3 Å². The first-order chi connectivity index (χ1) is 9.69. The molecule has 0 saturated carbocycles. The topological polar surface area (TPSA) is 64.8 Å². The lowest BCUT2D eigenvalue weighted by Gasteiger charge is -2.16. The van der Waals surface area contributed by atoms with Crippen molar-refractivity contribution in [2.24, 2.45) is 5.73 Å². The van der Waals surface area contributed by atoms with Crippen LogP contribution in [0.1, 0.15) is 17.5 Å². The Morgan fingerprint density at radius 2 is 1.95 bits per heavy atom. The fourth-order valence-corrected chi connectivity index (χ4v) is 2.22. The molecular weight excluding hydrogens is 256 g/mol. The number of methoxy groups -OCH3 is 2. The van der Waals surface area contributed by atoms with Crippen LogP contribution in [0.15, 0.2) is 18.3 Å². The Balaban J connectivity index is 2.31. The molecule has 1 aromatic carbocycles. The lowest BCUT2D eigenvalue weighted by molar-refractivity contribution is -0.127. The van der Waals surface area contributed by atoms with E-state index in [9.17, 15) is 4.79 Å². The van der Waals surface area contributed by atoms with Crippen molar-refractivity contribution in [3.8, 4) is 11.5 Å². The largest absolute Gasteiger partial charge is 0.493 e. The van der Waals surface area contributed by atoms with E-state index in [0.29, 0.717) is 31.0 Å². The molecule has 2 rings (SSSR count). The van der Waals surface area contributed by atoms with Gasteiger partial charge in [-0.05, 0) is 42.3 Å². The number of amides is 1. The van der Waals surface area contributed by atoms with Gasteiger partial charge in [0.15, 0.2) is 11.5 Å². The van der Waals surface area contributed by atoms with Crippen LogP contribution in [0.2, 0.25) is 0 Å². The molecule has 108 valence electrons. The van der Waals surface area contributed by atoms with Gasteiger partial charge in [-0.15, -0.1) is 0 Å². The molecule has 5 nitrogen and oxygen atoms in total. The van der Waals surface area contributed by atoms with Crippen LogP contribution in [0.4, 0.5) is 0 Å². The zero-order valence-electron chi connectivity index (χ0n) is 11.9. The predicted molar refractivity (Wildman–Crippen MR) is 77.7 cm³/mol. The highest BCUT2D eigenvalue weighted by Crippen LogP contribution is 2.32. The number of rotatable bonds is 5. The number of nitrogens with two attached hydrogens (primary N) is 1. The van der Waals surface area contributed by atoms with Gasteiger partial charge in [0.1, 0.15) is 0 Å². The minimum absolute atomic E-state index is 0.0701. The zero-order chi connectivity index (χ0) is 14.5. The second-order valence-corrected chi connectivity index (χ2v) is 4.63. The standard InChI is InChI=1S/C15H20N2O3/c1-19-13-8-11-4-7-17(6-3-5-16)15(18)10-12(11)9-14(13)20-2/h4,7-9H,3,5-6,10,16H2,1-2H3. The van der Waals surface area contributed by atoms with Gasteiger partial charge in [-0.25, -0.2) is 0 Å². The average Bonchev–Trinajstić information content (AvgIpc) is 2.61. The van der Waals surface area contributed by atoms with Gasteiger partial charge in [-0.3, -0.25) is 4.79 Å². The monoisotopic (exact) mass is 276 g/mol. The van der Waals surface area contributed by atoms with Crippen molar-refractivity contribution in [1.82, 2.24) is 4.90 Å². The molecule has 0 unspecified atom stereocenters. The number of carbonyl (C=O) groups excluding carboxylic acids is 1. The Hall–Kier alpha value is -2.01. The summed E-state index contributed by atoms with van der Waals surface area (Å²) in [6, 6.07) is 3.76. The molecule has 0 radical (unpaired) electrons. The first-order valence-corrected chi connectivity index (χ1v) is 6.62. The molecule has 0 bridgehead atoms. The maximum atomic E-state index is 12.2. The fourth-order valence-electron chi connectivity index (χ4n) is 2.22. The second-order valence-electron chi connectivity index (χ2n) is 4.63. The summed E-state index contributed by atoms with van der Waals surface area (Å²) in [6.45, 7) is 1.22. The van der Waals surface area contributed by atoms with Crippen LogP contribution in [0.3, 0.4) is 0 Å². The number of hydrogen-bond acceptors (Lipinski definition) is 4. The van der Waals surface area contributed by atoms with Gasteiger partial charge >= 0.3 is 0 Å². The smallest absolute Gasteiger partial charge is 0.230 e. The maximum Gasteiger partial charge on any atom is 0.230 e. The third kappa shape index (κ3) is 2.93. The van der Waals surface area contributed by atoms with Crippen molar-refractivity contribution in [2.45, 2.75) is 12.8 Å². The summed E-state index contributed by atoms with van der Waals surface area (Å²) in [5.41, 5.74) is 7.42. The van der Waals surface area contributed by atoms with Gasteiger partial charge in [0.05, 0.1) is 20.6 Å². The van der Waals surface area contributed by atoms with Crippen LogP contribution in [-0.4, -0.2) is 38.1 Å². The van der Waals surface area contributed by atoms with E-state index in [0.717, 1.165) is 17.5 Å². The minimum atomic E-state index is 0.0701. The summed E-state index contributed by atoms with van der Waals surface area (Å²) in [4.78, 5) is 13.9. The number of fused-ring (bicyclic) bond motifs is 1. The summed E-state index contributed by atoms with van der Waals surface area (Å²) in [7, 11) is 3.19. The summed E-state index contributed by atoms with van der Waals surface area (Å²) in [6.07, 6.45) is 4.89. The predicted octanol–water partition coefficient (Wildman–Crippen LogP) is 1.41. The molecule has 0 spiro atoms. The molecule has 0 atom stereocenters. The van der Waals surface area contributed by atoms with Crippen molar-refractivity contribution in [1.29, 1.82) is 0 Å². The fraction of sp³-hybridized carbons (Fsp3) is 0.400. The molecular formula is C15H20N2O3. The molecule has 1 aromatic rings. The quantitative estimate of drug-likeness (QED) is 0.883. The molecule has 1 heterocycles. The van der Waals surface area contributed by atoms with Crippen molar-refractivity contribution in [3.05, 3.63) is 29.5 Å². The SMILES string of the molecule is COc1cc2c(cc1OC)CC(=O)N(CCCN)C=C2. The van der Waals surface area contributed by atoms with E-state index >= 15 is 0 Å². The Bertz CT molecular complexity index is 526. The van der Waals surface area contributed by atoms with E-state index in [1.165, 1.54) is 0 Å². The van der Waals surface area contributed by atoms with Gasteiger partial charge < -0.3 is 20.1 Å². The van der Waals surface area contributed by atoms with E-state index in [4.69, 9.17) is 15.2 Å². The molecule has 1 aliphatic rings. The molecule has 1 aliphatic heterocycles. The molecule has 20 heavy (non-hydrogen) atoms. The summed E-state index contributed by atoms with van der Waals surface area (Å²) in [5.74, 6) is 1.38. The lowest BCUT2D eigenvalue weighted by atomic mass is 10.0. The maximum absolute atomic E-state index is 12.2. The average molecular weight is 276 g/mol. The van der Waals surface area contributed by atoms with Crippen LogP contribution in [0.25, 0.3) is 6.08 Å². The molecule has 0 fully saturated rings. The van der Waals surface area contributed by atoms with Crippen molar-refractivity contribution < 1.29 is 14.3 Å². The van der Waals surface area contributed by atoms with Crippen LogP contribution in [-0.2, 0) is 11.2 Å². The van der Waals surface area contributed by atoms with Crippen LogP contribution in [0, 0.1) is 0 Å². The van der Waals surface area contributed by atoms with E-state index < -0.39 is 0 Å². The highest BCUT2D eigenvalue weighted by atomic mass is 16.5. The normalized spacial score (nSPS) is 13.9. The molecule has 5 heteroatoms. The second kappa shape index (κ2) is 6.43. The van der Waals surface area contributed by atoms with Crippen molar-refractivity contribution in [3.63, 3.8) is 0 Å². The highest BCUT2D eigenvalue weighted by molar-refractivity contribution is 5.84. The number of hydrogen-bond donors (Lipinski definition) is 1. The number of carbonyl (C=O) groups is 1. The molecule has 0 saturated heterocycles. The first kappa shape index (κ1) is 14.4. The van der Waals surface area contributed by atoms with Gasteiger partial charge in [0.25, 0.3) is 0 Å². The Morgan fingerprint density at radius 3 is 2.60 bits per heavy atom. The molecule has 0 aromatic heterocycles. The summed E-state index contributed by atoms with van der Waals surface area (Å²) < 4.78 is 10.6. The van der Waals surface area contributed by atoms with Gasteiger partial charge in [0.2, 0.25) is 5.91 Å². The molecule has 0 aliphatic carbocycles. The minimum Gasteiger partial charge on any atom is -0.493 e. The number of nitrogens with zero attached hydrogens (tertiary/aromatic N) is 1. The van der Waals surface area contributed by atoms with Gasteiger partial charge in [0, 0.05) is 12.7 Å². The van der Waals surface area contributed by atoms with Crippen LogP contribution >= 0.6 is 0 Å². The third-order valence-electron chi connectivity index (χ3n) is 3.34. The van der Waals surface area contributed by atoms with Crippen LogP contribution in [0.5, 0.6) is 11.5 Å². The Kier molecular flexibility index (Phi) is 4.63. The van der Waals surface area contributed by atoms with Gasteiger partial charge in [-0.1, -0.05) is 0 Å². The number of ether oxygens (including phenoxy) is 2. The summed E-state index contributed by atoms with van der Waals surface area (Å²) >= 11 is 0. The van der Waals surface area contributed by atoms with E-state index in [2.05, 4.69) is 0 Å². The van der Waals surface area contributed by atoms with Gasteiger partial charge in [-0.2, -0.15) is 0 Å². The third-order valence-corrected chi connectivity index (χ3v) is 3.34. The Labute approximate surface area is 119 Å².